The van der Waals surface area contributed by atoms with Crippen molar-refractivity contribution in [3.63, 3.8) is 0 Å². The summed E-state index contributed by atoms with van der Waals surface area (Å²) in [7, 11) is -2.31. The average Bonchev–Trinajstić information content (AvgIpc) is 3.27. The highest BCUT2D eigenvalue weighted by atomic mass is 35.5. The lowest BCUT2D eigenvalue weighted by molar-refractivity contribution is 0.102. The van der Waals surface area contributed by atoms with Gasteiger partial charge in [-0.25, -0.2) is 8.42 Å². The lowest BCUT2D eigenvalue weighted by Crippen LogP contribution is -2.26. The van der Waals surface area contributed by atoms with Gasteiger partial charge in [-0.1, -0.05) is 47.0 Å². The van der Waals surface area contributed by atoms with E-state index in [1.165, 1.54) is 35.6 Å². The summed E-state index contributed by atoms with van der Waals surface area (Å²) >= 11 is 6.11. The van der Waals surface area contributed by atoms with Gasteiger partial charge in [-0.05, 0) is 48.5 Å². The Morgan fingerprint density at radius 1 is 0.938 bits per heavy atom. The number of benzene rings is 3. The summed E-state index contributed by atoms with van der Waals surface area (Å²) < 4.78 is 32.3. The van der Waals surface area contributed by atoms with E-state index in [4.69, 9.17) is 16.0 Å². The van der Waals surface area contributed by atoms with Gasteiger partial charge in [0.2, 0.25) is 0 Å². The number of aromatic nitrogens is 2. The molecule has 1 heterocycles. The summed E-state index contributed by atoms with van der Waals surface area (Å²) in [6.07, 6.45) is 0. The Balaban J connectivity index is 1.49. The molecule has 0 atom stereocenters. The molecule has 4 aromatic rings. The fraction of sp³-hybridized carbons (Fsp3) is 0.0455. The summed E-state index contributed by atoms with van der Waals surface area (Å²) in [4.78, 5) is 12.6. The van der Waals surface area contributed by atoms with Crippen LogP contribution < -0.4 is 9.62 Å². The average molecular weight is 469 g/mol. The molecule has 0 saturated heterocycles. The highest BCUT2D eigenvalue weighted by Gasteiger charge is 2.22. The number of nitrogens with one attached hydrogen (secondary N) is 1. The number of carbonyl (C=O) groups excluding carboxylic acids is 1. The number of hydrogen-bond donors (Lipinski definition) is 1. The number of anilines is 2. The number of para-hydroxylation sites is 1. The highest BCUT2D eigenvalue weighted by Crippen LogP contribution is 2.27. The summed E-state index contributed by atoms with van der Waals surface area (Å²) in [6, 6.07) is 21.1. The van der Waals surface area contributed by atoms with Gasteiger partial charge in [0.1, 0.15) is 0 Å². The molecule has 0 radical (unpaired) electrons. The van der Waals surface area contributed by atoms with Crippen LogP contribution in [0.1, 0.15) is 10.4 Å². The minimum atomic E-state index is -3.78. The molecule has 10 heteroatoms. The smallest absolute Gasteiger partial charge is 0.322 e. The van der Waals surface area contributed by atoms with E-state index in [0.29, 0.717) is 16.3 Å². The molecule has 1 aromatic heterocycles. The number of sulfonamides is 1. The minimum Gasteiger partial charge on any atom is -0.403 e. The maximum Gasteiger partial charge on any atom is 0.322 e. The fourth-order valence-electron chi connectivity index (χ4n) is 2.90. The second kappa shape index (κ2) is 8.81. The summed E-state index contributed by atoms with van der Waals surface area (Å²) in [5.74, 6) is -0.365. The van der Waals surface area contributed by atoms with Crippen molar-refractivity contribution in [1.29, 1.82) is 0 Å². The third-order valence-electron chi connectivity index (χ3n) is 4.64. The first-order chi connectivity index (χ1) is 15.4. The van der Waals surface area contributed by atoms with E-state index >= 15 is 0 Å². The van der Waals surface area contributed by atoms with E-state index < -0.39 is 15.9 Å². The molecule has 0 aliphatic heterocycles. The van der Waals surface area contributed by atoms with Crippen molar-refractivity contribution in [3.8, 4) is 11.5 Å². The van der Waals surface area contributed by atoms with Gasteiger partial charge in [-0.3, -0.25) is 14.4 Å². The van der Waals surface area contributed by atoms with Gasteiger partial charge in [-0.15, -0.1) is 5.10 Å². The van der Waals surface area contributed by atoms with Crippen LogP contribution in [0.4, 0.5) is 11.7 Å². The maximum atomic E-state index is 12.9. The normalized spacial score (nSPS) is 11.2. The largest absolute Gasteiger partial charge is 0.403 e. The number of nitrogens with zero attached hydrogens (tertiary/aromatic N) is 3. The van der Waals surface area contributed by atoms with Crippen molar-refractivity contribution >= 4 is 39.2 Å². The number of carbonyl (C=O) groups is 1. The topological polar surface area (TPSA) is 105 Å². The van der Waals surface area contributed by atoms with Gasteiger partial charge in [0.15, 0.2) is 0 Å². The van der Waals surface area contributed by atoms with Crippen molar-refractivity contribution in [3.05, 3.63) is 89.4 Å². The van der Waals surface area contributed by atoms with Crippen LogP contribution in [0.15, 0.2) is 88.2 Å². The predicted molar refractivity (Wildman–Crippen MR) is 121 cm³/mol. The number of rotatable bonds is 6. The van der Waals surface area contributed by atoms with Crippen molar-refractivity contribution in [2.24, 2.45) is 0 Å². The van der Waals surface area contributed by atoms with Gasteiger partial charge < -0.3 is 4.42 Å². The van der Waals surface area contributed by atoms with E-state index in [1.54, 1.807) is 54.6 Å². The van der Waals surface area contributed by atoms with Crippen molar-refractivity contribution in [1.82, 2.24) is 10.2 Å². The van der Waals surface area contributed by atoms with E-state index in [0.717, 1.165) is 0 Å². The Labute approximate surface area is 189 Å². The Kier molecular flexibility index (Phi) is 5.93. The number of amides is 1. The van der Waals surface area contributed by atoms with Crippen LogP contribution in [-0.4, -0.2) is 31.6 Å². The Morgan fingerprint density at radius 2 is 1.59 bits per heavy atom. The van der Waals surface area contributed by atoms with Crippen LogP contribution in [0, 0.1) is 0 Å². The van der Waals surface area contributed by atoms with Gasteiger partial charge >= 0.3 is 6.01 Å². The lowest BCUT2D eigenvalue weighted by Gasteiger charge is -2.19. The molecular weight excluding hydrogens is 452 g/mol. The van der Waals surface area contributed by atoms with E-state index in [1.807, 2.05) is 0 Å². The van der Waals surface area contributed by atoms with E-state index in [2.05, 4.69) is 15.5 Å². The molecular formula is C22H17ClN4O4S. The van der Waals surface area contributed by atoms with Crippen LogP contribution in [0.2, 0.25) is 5.02 Å². The third kappa shape index (κ3) is 4.34. The van der Waals surface area contributed by atoms with Crippen LogP contribution >= 0.6 is 11.6 Å². The molecule has 4 rings (SSSR count). The van der Waals surface area contributed by atoms with E-state index in [9.17, 15) is 13.2 Å². The first-order valence-corrected chi connectivity index (χ1v) is 11.2. The van der Waals surface area contributed by atoms with Gasteiger partial charge in [-0.2, -0.15) is 0 Å². The molecule has 3 aromatic carbocycles. The van der Waals surface area contributed by atoms with Crippen molar-refractivity contribution in [2.45, 2.75) is 4.90 Å². The third-order valence-corrected chi connectivity index (χ3v) is 6.77. The fourth-order valence-corrected chi connectivity index (χ4v) is 4.31. The standard InChI is InChI=1S/C22H17ClN4O4S/c1-27(16-7-3-2-4-8-16)32(29,30)17-13-11-15(12-14-17)20(28)24-22-26-25-21(31-22)18-9-5-6-10-19(18)23/h2-14H,1H3,(H,24,26,28). The Morgan fingerprint density at radius 3 is 2.28 bits per heavy atom. The summed E-state index contributed by atoms with van der Waals surface area (Å²) in [5.41, 5.74) is 1.29. The quantitative estimate of drug-likeness (QED) is 0.447. The number of hydrogen-bond acceptors (Lipinski definition) is 6. The minimum absolute atomic E-state index is 0.0548. The highest BCUT2D eigenvalue weighted by molar-refractivity contribution is 7.92. The molecule has 0 fully saturated rings. The summed E-state index contributed by atoms with van der Waals surface area (Å²) in [6.45, 7) is 0. The molecule has 0 bridgehead atoms. The van der Waals surface area contributed by atoms with Crippen LogP contribution in [0.3, 0.4) is 0 Å². The number of halogens is 1. The second-order valence-electron chi connectivity index (χ2n) is 6.68. The molecule has 32 heavy (non-hydrogen) atoms. The molecule has 0 aliphatic rings. The van der Waals surface area contributed by atoms with Gasteiger partial charge in [0.05, 0.1) is 21.2 Å². The molecule has 162 valence electrons. The lowest BCUT2D eigenvalue weighted by atomic mass is 10.2. The summed E-state index contributed by atoms with van der Waals surface area (Å²) in [5, 5.41) is 10.6. The molecule has 8 nitrogen and oxygen atoms in total. The van der Waals surface area contributed by atoms with Crippen LogP contribution in [0.5, 0.6) is 0 Å². The van der Waals surface area contributed by atoms with Crippen LogP contribution in [0.25, 0.3) is 11.5 Å². The van der Waals surface area contributed by atoms with Crippen molar-refractivity contribution < 1.29 is 17.6 Å². The Hall–Kier alpha value is -3.69. The maximum absolute atomic E-state index is 12.9. The van der Waals surface area contributed by atoms with E-state index in [-0.39, 0.29) is 22.4 Å². The van der Waals surface area contributed by atoms with Gasteiger partial charge in [0.25, 0.3) is 21.8 Å². The molecule has 0 aliphatic carbocycles. The zero-order chi connectivity index (χ0) is 22.7. The second-order valence-corrected chi connectivity index (χ2v) is 9.06. The molecule has 1 amide bonds. The monoisotopic (exact) mass is 468 g/mol. The molecule has 0 unspecified atom stereocenters. The molecule has 0 spiro atoms. The predicted octanol–water partition coefficient (Wildman–Crippen LogP) is 4.47. The van der Waals surface area contributed by atoms with Crippen LogP contribution in [-0.2, 0) is 10.0 Å². The zero-order valence-corrected chi connectivity index (χ0v) is 18.3. The zero-order valence-electron chi connectivity index (χ0n) is 16.8. The van der Waals surface area contributed by atoms with Gasteiger partial charge in [0, 0.05) is 12.6 Å². The first-order valence-electron chi connectivity index (χ1n) is 9.40. The Bertz CT molecular complexity index is 1360. The SMILES string of the molecule is CN(c1ccccc1)S(=O)(=O)c1ccc(C(=O)Nc2nnc(-c3ccccc3Cl)o2)cc1. The van der Waals surface area contributed by atoms with Crippen molar-refractivity contribution in [2.75, 3.05) is 16.7 Å². The molecule has 1 N–H and O–H groups in total. The first kappa shape index (κ1) is 21.5. The molecule has 0 saturated carbocycles.